The van der Waals surface area contributed by atoms with Crippen LogP contribution in [0, 0.1) is 21.1 Å². The average molecular weight is 417 g/mol. The normalized spacial score (nSPS) is 21.4. The van der Waals surface area contributed by atoms with Crippen LogP contribution in [0.15, 0.2) is 12.1 Å². The van der Waals surface area contributed by atoms with Crippen molar-refractivity contribution in [2.45, 2.75) is 31.7 Å². The molecule has 0 aromatic heterocycles. The van der Waals surface area contributed by atoms with Crippen LogP contribution < -0.4 is 11.1 Å². The Bertz CT molecular complexity index is 478. The Hall–Kier alpha value is -0.470. The number of halogens is 4. The first-order chi connectivity index (χ1) is 8.97. The molecule has 0 radical (unpaired) electrons. The van der Waals surface area contributed by atoms with Crippen LogP contribution in [0.3, 0.4) is 0 Å². The zero-order valence-electron chi connectivity index (χ0n) is 10.7. The highest BCUT2D eigenvalue weighted by Gasteiger charge is 2.26. The van der Waals surface area contributed by atoms with Crippen LogP contribution in [0.4, 0.5) is 14.5 Å². The highest BCUT2D eigenvalue weighted by Crippen LogP contribution is 2.27. The van der Waals surface area contributed by atoms with Gasteiger partial charge in [0.2, 0.25) is 5.91 Å². The molecule has 1 aromatic rings. The standard InChI is InChI=1S/C13H15F2IN2O.ClH/c14-9-5-8(6-10(15)13(9)16)18-12(19)4-7-2-1-3-11(7)17;/h5-7,11H,1-4,17H2,(H,18,19);1H/t7-,11+;/m0./s1. The Morgan fingerprint density at radius 3 is 2.45 bits per heavy atom. The minimum absolute atomic E-state index is 0. The van der Waals surface area contributed by atoms with Crippen molar-refractivity contribution in [3.8, 4) is 0 Å². The molecule has 2 rings (SSSR count). The highest BCUT2D eigenvalue weighted by atomic mass is 127. The summed E-state index contributed by atoms with van der Waals surface area (Å²) >= 11 is 1.58. The van der Waals surface area contributed by atoms with Gasteiger partial charge in [0.25, 0.3) is 0 Å². The van der Waals surface area contributed by atoms with Crippen molar-refractivity contribution in [1.29, 1.82) is 0 Å². The topological polar surface area (TPSA) is 55.1 Å². The molecule has 0 aliphatic heterocycles. The maximum atomic E-state index is 13.3. The maximum Gasteiger partial charge on any atom is 0.224 e. The van der Waals surface area contributed by atoms with Crippen molar-refractivity contribution >= 4 is 46.6 Å². The zero-order chi connectivity index (χ0) is 14.0. The van der Waals surface area contributed by atoms with Crippen molar-refractivity contribution in [3.05, 3.63) is 27.3 Å². The molecule has 0 unspecified atom stereocenters. The van der Waals surface area contributed by atoms with Gasteiger partial charge in [0.1, 0.15) is 11.6 Å². The summed E-state index contributed by atoms with van der Waals surface area (Å²) in [5.41, 5.74) is 6.03. The second-order valence-corrected chi connectivity index (χ2v) is 5.94. The maximum absolute atomic E-state index is 13.3. The van der Waals surface area contributed by atoms with E-state index in [1.54, 1.807) is 22.6 Å². The molecule has 3 N–H and O–H groups in total. The first-order valence-corrected chi connectivity index (χ1v) is 7.25. The zero-order valence-corrected chi connectivity index (χ0v) is 13.6. The Balaban J connectivity index is 0.00000200. The summed E-state index contributed by atoms with van der Waals surface area (Å²) in [6, 6.07) is 2.30. The van der Waals surface area contributed by atoms with Crippen molar-refractivity contribution in [1.82, 2.24) is 0 Å². The molecular weight excluding hydrogens is 401 g/mol. The number of hydrogen-bond donors (Lipinski definition) is 2. The summed E-state index contributed by atoms with van der Waals surface area (Å²) in [4.78, 5) is 11.8. The molecule has 1 aromatic carbocycles. The summed E-state index contributed by atoms with van der Waals surface area (Å²) in [6.45, 7) is 0. The van der Waals surface area contributed by atoms with E-state index in [-0.39, 0.29) is 39.5 Å². The first-order valence-electron chi connectivity index (χ1n) is 6.17. The third-order valence-electron chi connectivity index (χ3n) is 3.43. The van der Waals surface area contributed by atoms with Crippen molar-refractivity contribution in [3.63, 3.8) is 0 Å². The van der Waals surface area contributed by atoms with E-state index in [0.29, 0.717) is 6.42 Å². The molecule has 1 fully saturated rings. The van der Waals surface area contributed by atoms with Gasteiger partial charge in [0.15, 0.2) is 0 Å². The Kier molecular flexibility index (Phi) is 6.60. The van der Waals surface area contributed by atoms with E-state index in [1.165, 1.54) is 0 Å². The SMILES string of the molecule is Cl.N[C@@H]1CCC[C@H]1CC(=O)Nc1cc(F)c(I)c(F)c1. The Labute approximate surface area is 136 Å². The molecule has 3 nitrogen and oxygen atoms in total. The number of nitrogens with one attached hydrogen (secondary N) is 1. The molecule has 0 saturated heterocycles. The molecule has 1 aliphatic carbocycles. The van der Waals surface area contributed by atoms with Crippen molar-refractivity contribution in [2.75, 3.05) is 5.32 Å². The fourth-order valence-corrected chi connectivity index (χ4v) is 2.71. The lowest BCUT2D eigenvalue weighted by molar-refractivity contribution is -0.117. The van der Waals surface area contributed by atoms with Gasteiger partial charge in [-0.3, -0.25) is 4.79 Å². The number of hydrogen-bond acceptors (Lipinski definition) is 2. The van der Waals surface area contributed by atoms with Crippen molar-refractivity contribution in [2.24, 2.45) is 11.7 Å². The minimum atomic E-state index is -0.673. The van der Waals surface area contributed by atoms with E-state index >= 15 is 0 Å². The van der Waals surface area contributed by atoms with Gasteiger partial charge < -0.3 is 11.1 Å². The van der Waals surface area contributed by atoms with Crippen LogP contribution in [0.2, 0.25) is 0 Å². The van der Waals surface area contributed by atoms with E-state index < -0.39 is 11.6 Å². The minimum Gasteiger partial charge on any atom is -0.327 e. The van der Waals surface area contributed by atoms with Crippen LogP contribution in [0.5, 0.6) is 0 Å². The highest BCUT2D eigenvalue weighted by molar-refractivity contribution is 14.1. The van der Waals surface area contributed by atoms with E-state index in [1.807, 2.05) is 0 Å². The molecule has 1 amide bonds. The molecular formula is C13H16ClF2IN2O. The van der Waals surface area contributed by atoms with E-state index in [9.17, 15) is 13.6 Å². The quantitative estimate of drug-likeness (QED) is 0.586. The molecule has 20 heavy (non-hydrogen) atoms. The van der Waals surface area contributed by atoms with Crippen LogP contribution in [0.1, 0.15) is 25.7 Å². The van der Waals surface area contributed by atoms with Crippen LogP contribution >= 0.6 is 35.0 Å². The Morgan fingerprint density at radius 1 is 1.35 bits per heavy atom. The third kappa shape index (κ3) is 4.26. The van der Waals surface area contributed by atoms with Crippen LogP contribution in [-0.4, -0.2) is 11.9 Å². The molecule has 2 atom stereocenters. The number of rotatable bonds is 3. The lowest BCUT2D eigenvalue weighted by atomic mass is 10.00. The second-order valence-electron chi connectivity index (χ2n) is 4.86. The molecule has 0 bridgehead atoms. The molecule has 1 aliphatic rings. The van der Waals surface area contributed by atoms with Crippen molar-refractivity contribution < 1.29 is 13.6 Å². The lowest BCUT2D eigenvalue weighted by Crippen LogP contribution is -2.28. The van der Waals surface area contributed by atoms with Gasteiger partial charge in [-0.25, -0.2) is 8.78 Å². The van der Waals surface area contributed by atoms with Gasteiger partial charge in [-0.15, -0.1) is 12.4 Å². The molecule has 1 saturated carbocycles. The van der Waals surface area contributed by atoms with Crippen LogP contribution in [0.25, 0.3) is 0 Å². The van der Waals surface area contributed by atoms with Gasteiger partial charge in [-0.2, -0.15) is 0 Å². The van der Waals surface area contributed by atoms with Gasteiger partial charge in [-0.1, -0.05) is 6.42 Å². The van der Waals surface area contributed by atoms with Gasteiger partial charge in [-0.05, 0) is 53.5 Å². The first kappa shape index (κ1) is 17.6. The number of carbonyl (C=O) groups excluding carboxylic acids is 1. The summed E-state index contributed by atoms with van der Waals surface area (Å²) in [5.74, 6) is -1.43. The molecule has 7 heteroatoms. The van der Waals surface area contributed by atoms with E-state index in [4.69, 9.17) is 5.73 Å². The fraction of sp³-hybridized carbons (Fsp3) is 0.462. The fourth-order valence-electron chi connectivity index (χ4n) is 2.40. The molecule has 112 valence electrons. The molecule has 0 spiro atoms. The second kappa shape index (κ2) is 7.51. The summed E-state index contributed by atoms with van der Waals surface area (Å²) in [7, 11) is 0. The number of amides is 1. The summed E-state index contributed by atoms with van der Waals surface area (Å²) in [6.07, 6.45) is 3.21. The van der Waals surface area contributed by atoms with E-state index in [0.717, 1.165) is 31.4 Å². The number of benzene rings is 1. The third-order valence-corrected chi connectivity index (χ3v) is 4.46. The number of nitrogens with two attached hydrogens (primary N) is 1. The van der Waals surface area contributed by atoms with Gasteiger partial charge in [0, 0.05) is 18.2 Å². The summed E-state index contributed by atoms with van der Waals surface area (Å²) in [5, 5.41) is 2.52. The summed E-state index contributed by atoms with van der Waals surface area (Å²) < 4.78 is 26.6. The number of carbonyl (C=O) groups is 1. The monoisotopic (exact) mass is 416 g/mol. The van der Waals surface area contributed by atoms with E-state index in [2.05, 4.69) is 5.32 Å². The predicted octanol–water partition coefficient (Wildman–Crippen LogP) is 3.45. The van der Waals surface area contributed by atoms with Gasteiger partial charge >= 0.3 is 0 Å². The smallest absolute Gasteiger partial charge is 0.224 e. The average Bonchev–Trinajstić information content (AvgIpc) is 2.72. The largest absolute Gasteiger partial charge is 0.327 e. The number of anilines is 1. The Morgan fingerprint density at radius 2 is 1.95 bits per heavy atom. The molecule has 0 heterocycles. The lowest BCUT2D eigenvalue weighted by Gasteiger charge is -2.15. The van der Waals surface area contributed by atoms with Gasteiger partial charge in [0.05, 0.1) is 3.57 Å². The predicted molar refractivity (Wildman–Crippen MR) is 84.9 cm³/mol. The van der Waals surface area contributed by atoms with Crippen LogP contribution in [-0.2, 0) is 4.79 Å².